The van der Waals surface area contributed by atoms with Crippen molar-refractivity contribution in [2.45, 2.75) is 26.2 Å². The molecule has 0 aliphatic heterocycles. The van der Waals surface area contributed by atoms with Crippen molar-refractivity contribution in [1.29, 1.82) is 0 Å². The summed E-state index contributed by atoms with van der Waals surface area (Å²) in [5.41, 5.74) is 6.70. The molecule has 114 valence electrons. The van der Waals surface area contributed by atoms with Crippen LogP contribution in [0.3, 0.4) is 0 Å². The molecule has 1 rings (SSSR count). The van der Waals surface area contributed by atoms with Crippen LogP contribution < -0.4 is 10.5 Å². The van der Waals surface area contributed by atoms with E-state index in [1.54, 1.807) is 30.2 Å². The van der Waals surface area contributed by atoms with Crippen LogP contribution in [0, 0.1) is 11.8 Å². The average Bonchev–Trinajstić information content (AvgIpc) is 2.51. The Labute approximate surface area is 127 Å². The van der Waals surface area contributed by atoms with Gasteiger partial charge in [0, 0.05) is 19.2 Å². The zero-order chi connectivity index (χ0) is 15.7. The van der Waals surface area contributed by atoms with Crippen LogP contribution in [0.15, 0.2) is 18.2 Å². The molecule has 0 fully saturated rings. The first-order valence-electron chi connectivity index (χ1n) is 7.26. The van der Waals surface area contributed by atoms with Crippen molar-refractivity contribution in [3.63, 3.8) is 0 Å². The number of carbonyl (C=O) groups excluding carboxylic acids is 1. The van der Waals surface area contributed by atoms with E-state index in [2.05, 4.69) is 18.8 Å². The highest BCUT2D eigenvalue weighted by Crippen LogP contribution is 2.19. The number of nitrogens with zero attached hydrogens (tertiary/aromatic N) is 1. The van der Waals surface area contributed by atoms with Crippen molar-refractivity contribution < 1.29 is 9.53 Å². The molecule has 0 bridgehead atoms. The lowest BCUT2D eigenvalue weighted by Gasteiger charge is -2.17. The number of methoxy groups -OCH3 is 1. The number of unbranched alkanes of at least 4 members (excludes halogenated alkanes) is 2. The van der Waals surface area contributed by atoms with Gasteiger partial charge in [-0.1, -0.05) is 31.6 Å². The van der Waals surface area contributed by atoms with Gasteiger partial charge in [-0.25, -0.2) is 0 Å². The number of amides is 1. The summed E-state index contributed by atoms with van der Waals surface area (Å²) in [6.45, 7) is 3.19. The smallest absolute Gasteiger partial charge is 0.253 e. The first-order chi connectivity index (χ1) is 10.1. The Morgan fingerprint density at radius 1 is 1.38 bits per heavy atom. The van der Waals surface area contributed by atoms with Crippen molar-refractivity contribution in [1.82, 2.24) is 4.90 Å². The molecule has 4 heteroatoms. The summed E-state index contributed by atoms with van der Waals surface area (Å²) >= 11 is 0. The van der Waals surface area contributed by atoms with Gasteiger partial charge in [0.2, 0.25) is 0 Å². The summed E-state index contributed by atoms with van der Waals surface area (Å²) in [4.78, 5) is 14.1. The summed E-state index contributed by atoms with van der Waals surface area (Å²) in [5.74, 6) is 6.39. The molecule has 0 heterocycles. The molecule has 1 aromatic carbocycles. The third-order valence-electron chi connectivity index (χ3n) is 3.22. The molecule has 0 aliphatic rings. The van der Waals surface area contributed by atoms with Crippen LogP contribution in [-0.2, 0) is 0 Å². The predicted octanol–water partition coefficient (Wildman–Crippen LogP) is 2.27. The largest absolute Gasteiger partial charge is 0.495 e. The van der Waals surface area contributed by atoms with E-state index in [9.17, 15) is 4.79 Å². The van der Waals surface area contributed by atoms with E-state index in [1.165, 1.54) is 0 Å². The highest BCUT2D eigenvalue weighted by Gasteiger charge is 2.13. The first-order valence-corrected chi connectivity index (χ1v) is 7.26. The predicted molar refractivity (Wildman–Crippen MR) is 85.4 cm³/mol. The Kier molecular flexibility index (Phi) is 7.34. The molecule has 0 aliphatic carbocycles. The van der Waals surface area contributed by atoms with Gasteiger partial charge in [-0.15, -0.1) is 0 Å². The van der Waals surface area contributed by atoms with Gasteiger partial charge in [0.15, 0.2) is 0 Å². The van der Waals surface area contributed by atoms with Crippen molar-refractivity contribution in [2.75, 3.05) is 27.2 Å². The molecule has 0 unspecified atom stereocenters. The Morgan fingerprint density at radius 3 is 2.76 bits per heavy atom. The molecule has 1 aromatic rings. The fraction of sp³-hybridized carbons (Fsp3) is 0.471. The summed E-state index contributed by atoms with van der Waals surface area (Å²) in [6.07, 6.45) is 3.30. The van der Waals surface area contributed by atoms with Crippen molar-refractivity contribution in [3.05, 3.63) is 29.3 Å². The van der Waals surface area contributed by atoms with E-state index >= 15 is 0 Å². The molecule has 0 saturated carbocycles. The molecule has 2 N–H and O–H groups in total. The van der Waals surface area contributed by atoms with Crippen LogP contribution in [0.4, 0.5) is 0 Å². The normalized spacial score (nSPS) is 9.71. The summed E-state index contributed by atoms with van der Waals surface area (Å²) in [6, 6.07) is 5.30. The topological polar surface area (TPSA) is 55.6 Å². The van der Waals surface area contributed by atoms with Gasteiger partial charge in [-0.2, -0.15) is 0 Å². The Bertz CT molecular complexity index is 529. The van der Waals surface area contributed by atoms with Crippen molar-refractivity contribution in [2.24, 2.45) is 5.73 Å². The van der Waals surface area contributed by atoms with E-state index < -0.39 is 0 Å². The molecule has 0 radical (unpaired) electrons. The second kappa shape index (κ2) is 9.04. The third kappa shape index (κ3) is 5.13. The zero-order valence-electron chi connectivity index (χ0n) is 13.1. The highest BCUT2D eigenvalue weighted by atomic mass is 16.5. The van der Waals surface area contributed by atoms with Gasteiger partial charge >= 0.3 is 0 Å². The molecular formula is C17H24N2O2. The number of rotatable bonds is 6. The van der Waals surface area contributed by atoms with Crippen molar-refractivity contribution >= 4 is 5.91 Å². The molecular weight excluding hydrogens is 264 g/mol. The van der Waals surface area contributed by atoms with Gasteiger partial charge in [-0.3, -0.25) is 4.79 Å². The van der Waals surface area contributed by atoms with Gasteiger partial charge in [0.05, 0.1) is 19.2 Å². The number of hydrogen-bond acceptors (Lipinski definition) is 3. The summed E-state index contributed by atoms with van der Waals surface area (Å²) in [7, 11) is 3.41. The monoisotopic (exact) mass is 288 g/mol. The maximum absolute atomic E-state index is 12.4. The van der Waals surface area contributed by atoms with E-state index in [0.717, 1.165) is 25.8 Å². The zero-order valence-corrected chi connectivity index (χ0v) is 13.1. The first kappa shape index (κ1) is 17.1. The molecule has 4 nitrogen and oxygen atoms in total. The van der Waals surface area contributed by atoms with Crippen LogP contribution in [0.5, 0.6) is 5.75 Å². The van der Waals surface area contributed by atoms with Crippen LogP contribution in [0.1, 0.15) is 42.1 Å². The Balaban J connectivity index is 2.89. The van der Waals surface area contributed by atoms with Crippen LogP contribution >= 0.6 is 0 Å². The second-order valence-corrected chi connectivity index (χ2v) is 4.85. The lowest BCUT2D eigenvalue weighted by molar-refractivity contribution is 0.0792. The van der Waals surface area contributed by atoms with Crippen LogP contribution in [0.25, 0.3) is 0 Å². The molecule has 0 atom stereocenters. The van der Waals surface area contributed by atoms with E-state index in [0.29, 0.717) is 16.9 Å². The van der Waals surface area contributed by atoms with Crippen molar-refractivity contribution in [3.8, 4) is 17.6 Å². The number of benzene rings is 1. The standard InChI is InChI=1S/C17H24N2O2/c1-4-5-6-12-19(2)17(20)15-9-10-16(21-3)14(13-15)8-7-11-18/h9-10,13H,4-6,11-12,18H2,1-3H3. The van der Waals surface area contributed by atoms with Gasteiger partial charge in [0.25, 0.3) is 5.91 Å². The lowest BCUT2D eigenvalue weighted by Crippen LogP contribution is -2.27. The second-order valence-electron chi connectivity index (χ2n) is 4.85. The number of nitrogens with two attached hydrogens (primary N) is 1. The van der Waals surface area contributed by atoms with Gasteiger partial charge < -0.3 is 15.4 Å². The summed E-state index contributed by atoms with van der Waals surface area (Å²) < 4.78 is 5.25. The number of ether oxygens (including phenoxy) is 1. The lowest BCUT2D eigenvalue weighted by atomic mass is 10.1. The highest BCUT2D eigenvalue weighted by molar-refractivity contribution is 5.94. The number of carbonyl (C=O) groups is 1. The average molecular weight is 288 g/mol. The minimum absolute atomic E-state index is 0.00422. The Morgan fingerprint density at radius 2 is 2.14 bits per heavy atom. The third-order valence-corrected chi connectivity index (χ3v) is 3.22. The molecule has 1 amide bonds. The maximum Gasteiger partial charge on any atom is 0.253 e. The summed E-state index contributed by atoms with van der Waals surface area (Å²) in [5, 5.41) is 0. The fourth-order valence-corrected chi connectivity index (χ4v) is 2.01. The maximum atomic E-state index is 12.4. The van der Waals surface area contributed by atoms with Crippen LogP contribution in [-0.4, -0.2) is 38.1 Å². The quantitative estimate of drug-likeness (QED) is 0.645. The fourth-order valence-electron chi connectivity index (χ4n) is 2.01. The molecule has 21 heavy (non-hydrogen) atoms. The minimum atomic E-state index is 0.00422. The molecule has 0 spiro atoms. The minimum Gasteiger partial charge on any atom is -0.495 e. The van der Waals surface area contributed by atoms with E-state index in [-0.39, 0.29) is 12.5 Å². The Hall–Kier alpha value is -1.99. The van der Waals surface area contributed by atoms with Gasteiger partial charge in [-0.05, 0) is 24.6 Å². The number of hydrogen-bond donors (Lipinski definition) is 1. The van der Waals surface area contributed by atoms with Crippen LogP contribution in [0.2, 0.25) is 0 Å². The van der Waals surface area contributed by atoms with Gasteiger partial charge in [0.1, 0.15) is 5.75 Å². The van der Waals surface area contributed by atoms with E-state index in [4.69, 9.17) is 10.5 Å². The SMILES string of the molecule is CCCCCN(C)C(=O)c1ccc(OC)c(C#CCN)c1. The van der Waals surface area contributed by atoms with E-state index in [1.807, 2.05) is 7.05 Å². The molecule has 0 aromatic heterocycles. The molecule has 0 saturated heterocycles.